The second-order valence-electron chi connectivity index (χ2n) is 12.0. The first-order valence-electron chi connectivity index (χ1n) is 15.1. The molecule has 0 saturated heterocycles. The lowest BCUT2D eigenvalue weighted by Crippen LogP contribution is -2.50. The number of nitrogens with one attached hydrogen (secondary N) is 3. The number of hydrogen-bond donors (Lipinski definition) is 4. The molecule has 0 fully saturated rings. The van der Waals surface area contributed by atoms with Gasteiger partial charge in [0.1, 0.15) is 17.3 Å². The van der Waals surface area contributed by atoms with Gasteiger partial charge < -0.3 is 35.1 Å². The number of ether oxygens (including phenoxy) is 2. The van der Waals surface area contributed by atoms with Crippen LogP contribution in [0.1, 0.15) is 48.2 Å². The fourth-order valence-electron chi connectivity index (χ4n) is 5.76. The number of carbonyl (C=O) groups excluding carboxylic acids is 1. The van der Waals surface area contributed by atoms with E-state index in [1.807, 2.05) is 54.7 Å². The summed E-state index contributed by atoms with van der Waals surface area (Å²) in [6.07, 6.45) is 5.95. The Morgan fingerprint density at radius 2 is 1.49 bits per heavy atom. The van der Waals surface area contributed by atoms with E-state index in [0.29, 0.717) is 36.7 Å². The minimum Gasteiger partial charge on any atom is -0.497 e. The summed E-state index contributed by atoms with van der Waals surface area (Å²) >= 11 is 0. The summed E-state index contributed by atoms with van der Waals surface area (Å²) in [5.74, 6) is 2.56. The molecule has 6 rings (SSSR count). The third kappa shape index (κ3) is 6.41. The van der Waals surface area contributed by atoms with Crippen molar-refractivity contribution in [1.82, 2.24) is 30.0 Å². The fraction of sp³-hybridized carbons (Fsp3) is 0.286. The summed E-state index contributed by atoms with van der Waals surface area (Å²) < 4.78 is 13.2. The summed E-state index contributed by atoms with van der Waals surface area (Å²) in [6, 6.07) is 21.7. The number of carbonyl (C=O) groups is 1. The van der Waals surface area contributed by atoms with Crippen LogP contribution in [0.5, 0.6) is 11.5 Å². The average molecular weight is 606 g/mol. The molecule has 6 aromatic rings. The molecule has 5 N–H and O–H groups in total. The number of methoxy groups -OCH3 is 2. The van der Waals surface area contributed by atoms with Crippen molar-refractivity contribution in [2.75, 3.05) is 14.2 Å². The second kappa shape index (κ2) is 12.5. The van der Waals surface area contributed by atoms with Crippen molar-refractivity contribution in [3.8, 4) is 11.5 Å². The van der Waals surface area contributed by atoms with Crippen LogP contribution in [0.4, 0.5) is 0 Å². The predicted octanol–water partition coefficient (Wildman–Crippen LogP) is 5.23. The number of hydrogen-bond acceptors (Lipinski definition) is 6. The van der Waals surface area contributed by atoms with E-state index in [0.717, 1.165) is 39.8 Å². The van der Waals surface area contributed by atoms with Gasteiger partial charge in [-0.2, -0.15) is 0 Å². The molecule has 3 heterocycles. The maximum Gasteiger partial charge on any atom is 0.240 e. The molecule has 10 nitrogen and oxygen atoms in total. The summed E-state index contributed by atoms with van der Waals surface area (Å²) in [5.41, 5.74) is 10.5. The van der Waals surface area contributed by atoms with Gasteiger partial charge in [0.2, 0.25) is 5.91 Å². The third-order valence-corrected chi connectivity index (χ3v) is 8.20. The molecule has 0 aliphatic carbocycles. The molecule has 232 valence electrons. The average Bonchev–Trinajstić information content (AvgIpc) is 3.76. The van der Waals surface area contributed by atoms with Crippen molar-refractivity contribution < 1.29 is 14.3 Å². The maximum absolute atomic E-state index is 13.4. The number of aryl methyl sites for hydroxylation is 2. The zero-order chi connectivity index (χ0) is 31.6. The Morgan fingerprint density at radius 3 is 2.11 bits per heavy atom. The quantitative estimate of drug-likeness (QED) is 0.151. The standard InChI is InChI=1S/C35H39N7O3/c1-35(2,36)34(43)39-31(17-24-20-38-30-12-8-6-10-28(24)30)33-41-40-32(14-13-23-19-37-29-11-7-5-9-27(23)29)42(33)21-22-15-25(44-3)18-26(16-22)45-4/h5-12,15-16,18-20,31,37-38H,13-14,17,21,36H2,1-4H3,(H,39,43). The molecule has 0 aliphatic heterocycles. The van der Waals surface area contributed by atoms with Gasteiger partial charge in [0.15, 0.2) is 5.82 Å². The summed E-state index contributed by atoms with van der Waals surface area (Å²) in [6.45, 7) is 3.85. The molecule has 3 aromatic heterocycles. The van der Waals surface area contributed by atoms with Gasteiger partial charge in [0, 0.05) is 53.1 Å². The van der Waals surface area contributed by atoms with E-state index in [1.54, 1.807) is 28.1 Å². The van der Waals surface area contributed by atoms with Crippen LogP contribution < -0.4 is 20.5 Å². The Balaban J connectivity index is 1.41. The van der Waals surface area contributed by atoms with Crippen LogP contribution in [-0.4, -0.2) is 50.4 Å². The molecule has 1 amide bonds. The van der Waals surface area contributed by atoms with E-state index in [2.05, 4.69) is 44.2 Å². The number of aromatic nitrogens is 5. The molecular formula is C35H39N7O3. The van der Waals surface area contributed by atoms with Crippen LogP contribution in [0.25, 0.3) is 21.8 Å². The normalized spacial score (nSPS) is 12.5. The van der Waals surface area contributed by atoms with E-state index in [1.165, 1.54) is 10.9 Å². The van der Waals surface area contributed by atoms with Gasteiger partial charge in [-0.05, 0) is 61.2 Å². The first kappa shape index (κ1) is 30.0. The largest absolute Gasteiger partial charge is 0.497 e. The molecule has 0 spiro atoms. The molecule has 1 atom stereocenters. The number of benzene rings is 3. The molecule has 0 bridgehead atoms. The summed E-state index contributed by atoms with van der Waals surface area (Å²) in [4.78, 5) is 20.1. The molecule has 3 aromatic carbocycles. The van der Waals surface area contributed by atoms with Crippen molar-refractivity contribution in [3.63, 3.8) is 0 Å². The number of aromatic amines is 2. The molecular weight excluding hydrogens is 566 g/mol. The lowest BCUT2D eigenvalue weighted by atomic mass is 10.0. The van der Waals surface area contributed by atoms with Crippen molar-refractivity contribution in [2.24, 2.45) is 5.73 Å². The van der Waals surface area contributed by atoms with E-state index in [-0.39, 0.29) is 5.91 Å². The SMILES string of the molecule is COc1cc(Cn2c(CCc3c[nH]c4ccccc34)nnc2C(Cc2c[nH]c3ccccc23)NC(=O)C(C)(C)N)cc(OC)c1. The van der Waals surface area contributed by atoms with Crippen LogP contribution in [0, 0.1) is 0 Å². The lowest BCUT2D eigenvalue weighted by Gasteiger charge is -2.25. The number of H-pyrrole nitrogens is 2. The Kier molecular flexibility index (Phi) is 8.32. The Hall–Kier alpha value is -5.09. The van der Waals surface area contributed by atoms with E-state index >= 15 is 0 Å². The number of nitrogens with two attached hydrogens (primary N) is 1. The number of fused-ring (bicyclic) bond motifs is 2. The molecule has 1 unspecified atom stereocenters. The Morgan fingerprint density at radius 1 is 0.889 bits per heavy atom. The van der Waals surface area contributed by atoms with Gasteiger partial charge in [-0.3, -0.25) is 4.79 Å². The van der Waals surface area contributed by atoms with Crippen LogP contribution >= 0.6 is 0 Å². The van der Waals surface area contributed by atoms with Crippen LogP contribution in [0.15, 0.2) is 79.1 Å². The molecule has 0 aliphatic rings. The zero-order valence-electron chi connectivity index (χ0n) is 26.1. The smallest absolute Gasteiger partial charge is 0.240 e. The van der Waals surface area contributed by atoms with Crippen LogP contribution in [-0.2, 0) is 30.6 Å². The van der Waals surface area contributed by atoms with Gasteiger partial charge >= 0.3 is 0 Å². The topological polar surface area (TPSA) is 136 Å². The summed E-state index contributed by atoms with van der Waals surface area (Å²) in [7, 11) is 3.27. The number of rotatable bonds is 12. The van der Waals surface area contributed by atoms with Crippen molar-refractivity contribution in [3.05, 3.63) is 107 Å². The van der Waals surface area contributed by atoms with E-state index < -0.39 is 11.6 Å². The maximum atomic E-state index is 13.4. The van der Waals surface area contributed by atoms with Gasteiger partial charge in [-0.25, -0.2) is 0 Å². The zero-order valence-corrected chi connectivity index (χ0v) is 26.1. The fourth-order valence-corrected chi connectivity index (χ4v) is 5.76. The van der Waals surface area contributed by atoms with Gasteiger partial charge in [0.25, 0.3) is 0 Å². The summed E-state index contributed by atoms with van der Waals surface area (Å²) in [5, 5.41) is 14.9. The van der Waals surface area contributed by atoms with Crippen LogP contribution in [0.2, 0.25) is 0 Å². The molecule has 10 heteroatoms. The lowest BCUT2D eigenvalue weighted by molar-refractivity contribution is -0.126. The van der Waals surface area contributed by atoms with Gasteiger partial charge in [0.05, 0.1) is 32.3 Å². The molecule has 45 heavy (non-hydrogen) atoms. The number of para-hydroxylation sites is 2. The minimum absolute atomic E-state index is 0.273. The van der Waals surface area contributed by atoms with Gasteiger partial charge in [-0.1, -0.05) is 36.4 Å². The first-order chi connectivity index (χ1) is 21.7. The highest BCUT2D eigenvalue weighted by Crippen LogP contribution is 2.28. The monoisotopic (exact) mass is 605 g/mol. The highest BCUT2D eigenvalue weighted by Gasteiger charge is 2.30. The van der Waals surface area contributed by atoms with E-state index in [9.17, 15) is 4.79 Å². The third-order valence-electron chi connectivity index (χ3n) is 8.20. The second-order valence-corrected chi connectivity index (χ2v) is 12.0. The Labute approximate surface area is 262 Å². The number of nitrogens with zero attached hydrogens (tertiary/aromatic N) is 3. The first-order valence-corrected chi connectivity index (χ1v) is 15.1. The van der Waals surface area contributed by atoms with Gasteiger partial charge in [-0.15, -0.1) is 10.2 Å². The molecule has 0 saturated carbocycles. The highest BCUT2D eigenvalue weighted by molar-refractivity contribution is 5.86. The van der Waals surface area contributed by atoms with Crippen molar-refractivity contribution in [2.45, 2.75) is 51.2 Å². The predicted molar refractivity (Wildman–Crippen MR) is 176 cm³/mol. The number of amides is 1. The highest BCUT2D eigenvalue weighted by atomic mass is 16.5. The van der Waals surface area contributed by atoms with Crippen molar-refractivity contribution in [1.29, 1.82) is 0 Å². The Bertz CT molecular complexity index is 1920. The van der Waals surface area contributed by atoms with Crippen LogP contribution in [0.3, 0.4) is 0 Å². The van der Waals surface area contributed by atoms with Crippen molar-refractivity contribution >= 4 is 27.7 Å². The minimum atomic E-state index is -1.08. The molecule has 0 radical (unpaired) electrons. The van der Waals surface area contributed by atoms with E-state index in [4.69, 9.17) is 25.4 Å².